The van der Waals surface area contributed by atoms with E-state index in [-0.39, 0.29) is 0 Å². The summed E-state index contributed by atoms with van der Waals surface area (Å²) in [6.07, 6.45) is 3.49. The van der Waals surface area contributed by atoms with E-state index < -0.39 is 16.6 Å². The number of rotatable bonds is 8. The standard InChI is InChI=1S/C8H17NO4S/c1-3-5-6-7-9-8(4-2)13-14(10,11)12/h4,8-9H,2-3,5-7H2,1H3,(H,10,11,12). The first kappa shape index (κ1) is 13.6. The molecule has 0 bridgehead atoms. The zero-order valence-corrected chi connectivity index (χ0v) is 9.09. The molecule has 0 heterocycles. The van der Waals surface area contributed by atoms with Crippen LogP contribution in [0, 0.1) is 0 Å². The van der Waals surface area contributed by atoms with Crippen molar-refractivity contribution in [3.8, 4) is 0 Å². The maximum atomic E-state index is 10.3. The lowest BCUT2D eigenvalue weighted by molar-refractivity contribution is 0.189. The summed E-state index contributed by atoms with van der Waals surface area (Å²) in [4.78, 5) is 0. The van der Waals surface area contributed by atoms with Crippen LogP contribution >= 0.6 is 0 Å². The fourth-order valence-corrected chi connectivity index (χ4v) is 1.32. The Balaban J connectivity index is 3.75. The van der Waals surface area contributed by atoms with Crippen molar-refractivity contribution >= 4 is 10.4 Å². The van der Waals surface area contributed by atoms with Crippen LogP contribution in [0.15, 0.2) is 12.7 Å². The topological polar surface area (TPSA) is 75.6 Å². The lowest BCUT2D eigenvalue weighted by atomic mass is 10.2. The normalized spacial score (nSPS) is 13.9. The Labute approximate surface area is 85.1 Å². The highest BCUT2D eigenvalue weighted by Crippen LogP contribution is 1.97. The molecule has 0 aromatic carbocycles. The summed E-state index contributed by atoms with van der Waals surface area (Å²) >= 11 is 0. The summed E-state index contributed by atoms with van der Waals surface area (Å²) in [5, 5.41) is 2.78. The van der Waals surface area contributed by atoms with Crippen molar-refractivity contribution in [1.82, 2.24) is 5.32 Å². The second-order valence-electron chi connectivity index (χ2n) is 2.84. The minimum atomic E-state index is -4.41. The summed E-state index contributed by atoms with van der Waals surface area (Å²) in [7, 11) is -4.41. The van der Waals surface area contributed by atoms with E-state index in [0.717, 1.165) is 19.3 Å². The molecule has 2 N–H and O–H groups in total. The van der Waals surface area contributed by atoms with Crippen molar-refractivity contribution in [2.45, 2.75) is 32.4 Å². The van der Waals surface area contributed by atoms with Gasteiger partial charge in [-0.3, -0.25) is 9.87 Å². The molecule has 0 amide bonds. The predicted molar refractivity (Wildman–Crippen MR) is 54.1 cm³/mol. The summed E-state index contributed by atoms with van der Waals surface area (Å²) in [5.41, 5.74) is 0. The SMILES string of the molecule is C=CC(NCCCCC)OS(=O)(=O)O. The fraction of sp³-hybridized carbons (Fsp3) is 0.750. The molecule has 0 fully saturated rings. The summed E-state index contributed by atoms with van der Waals surface area (Å²) in [5.74, 6) is 0. The Bertz CT molecular complexity index is 250. The van der Waals surface area contributed by atoms with Crippen LogP contribution in [0.1, 0.15) is 26.2 Å². The highest BCUT2D eigenvalue weighted by atomic mass is 32.3. The predicted octanol–water partition coefficient (Wildman–Crippen LogP) is 1.10. The summed E-state index contributed by atoms with van der Waals surface area (Å²) in [6, 6.07) is 0. The van der Waals surface area contributed by atoms with Gasteiger partial charge in [-0.15, -0.1) is 0 Å². The van der Waals surface area contributed by atoms with Gasteiger partial charge >= 0.3 is 10.4 Å². The van der Waals surface area contributed by atoms with E-state index in [2.05, 4.69) is 23.0 Å². The van der Waals surface area contributed by atoms with E-state index in [1.807, 2.05) is 0 Å². The lowest BCUT2D eigenvalue weighted by Gasteiger charge is -2.12. The molecule has 0 spiro atoms. The van der Waals surface area contributed by atoms with E-state index >= 15 is 0 Å². The zero-order valence-electron chi connectivity index (χ0n) is 8.27. The van der Waals surface area contributed by atoms with Crippen LogP contribution in [-0.2, 0) is 14.6 Å². The van der Waals surface area contributed by atoms with Gasteiger partial charge in [0.15, 0.2) is 0 Å². The van der Waals surface area contributed by atoms with Crippen molar-refractivity contribution in [3.05, 3.63) is 12.7 Å². The Kier molecular flexibility index (Phi) is 6.73. The van der Waals surface area contributed by atoms with E-state index in [1.54, 1.807) is 0 Å². The van der Waals surface area contributed by atoms with Crippen LogP contribution in [0.5, 0.6) is 0 Å². The van der Waals surface area contributed by atoms with Crippen molar-refractivity contribution in [2.75, 3.05) is 6.54 Å². The quantitative estimate of drug-likeness (QED) is 0.279. The van der Waals surface area contributed by atoms with Gasteiger partial charge in [0.25, 0.3) is 0 Å². The van der Waals surface area contributed by atoms with Crippen LogP contribution < -0.4 is 5.32 Å². The molecule has 0 aromatic rings. The Morgan fingerprint density at radius 1 is 1.57 bits per heavy atom. The zero-order chi connectivity index (χ0) is 11.0. The van der Waals surface area contributed by atoms with Gasteiger partial charge in [0, 0.05) is 0 Å². The molecule has 14 heavy (non-hydrogen) atoms. The monoisotopic (exact) mass is 223 g/mol. The van der Waals surface area contributed by atoms with Gasteiger partial charge in [0.2, 0.25) is 0 Å². The van der Waals surface area contributed by atoms with E-state index in [1.165, 1.54) is 6.08 Å². The third kappa shape index (κ3) is 8.18. The molecule has 0 aromatic heterocycles. The van der Waals surface area contributed by atoms with Crippen LogP contribution in [0.3, 0.4) is 0 Å². The third-order valence-electron chi connectivity index (χ3n) is 1.57. The van der Waals surface area contributed by atoms with E-state index in [4.69, 9.17) is 4.55 Å². The van der Waals surface area contributed by atoms with Crippen molar-refractivity contribution in [1.29, 1.82) is 0 Å². The first-order valence-corrected chi connectivity index (χ1v) is 5.87. The van der Waals surface area contributed by atoms with E-state index in [0.29, 0.717) is 6.54 Å². The van der Waals surface area contributed by atoms with Crippen LogP contribution in [0.25, 0.3) is 0 Å². The maximum absolute atomic E-state index is 10.3. The first-order valence-electron chi connectivity index (χ1n) is 4.51. The molecule has 0 radical (unpaired) electrons. The van der Waals surface area contributed by atoms with E-state index in [9.17, 15) is 8.42 Å². The van der Waals surface area contributed by atoms with Gasteiger partial charge in [0.05, 0.1) is 0 Å². The largest absolute Gasteiger partial charge is 0.399 e. The van der Waals surface area contributed by atoms with Gasteiger partial charge in [-0.25, -0.2) is 4.18 Å². The molecule has 1 unspecified atom stereocenters. The highest BCUT2D eigenvalue weighted by molar-refractivity contribution is 7.80. The van der Waals surface area contributed by atoms with Crippen LogP contribution in [0.4, 0.5) is 0 Å². The minimum absolute atomic E-state index is 0.625. The molecule has 0 saturated carbocycles. The Morgan fingerprint density at radius 3 is 2.64 bits per heavy atom. The average Bonchev–Trinajstić information content (AvgIpc) is 2.08. The molecule has 0 rings (SSSR count). The Hall–Kier alpha value is -0.430. The molecule has 1 atom stereocenters. The number of nitrogens with one attached hydrogen (secondary N) is 1. The summed E-state index contributed by atoms with van der Waals surface area (Å²) < 4.78 is 33.3. The molecule has 0 aliphatic heterocycles. The molecule has 0 aliphatic rings. The smallest absolute Gasteiger partial charge is 0.288 e. The summed E-state index contributed by atoms with van der Waals surface area (Å²) in [6.45, 7) is 6.08. The fourth-order valence-electron chi connectivity index (χ4n) is 0.907. The van der Waals surface area contributed by atoms with Crippen molar-refractivity contribution < 1.29 is 17.2 Å². The second-order valence-corrected chi connectivity index (χ2v) is 3.89. The number of unbranched alkanes of at least 4 members (excludes halogenated alkanes) is 2. The average molecular weight is 223 g/mol. The maximum Gasteiger partial charge on any atom is 0.399 e. The molecule has 6 heteroatoms. The number of hydrogen-bond donors (Lipinski definition) is 2. The Morgan fingerprint density at radius 2 is 2.21 bits per heavy atom. The molecule has 84 valence electrons. The molecule has 0 aliphatic carbocycles. The van der Waals surface area contributed by atoms with Crippen LogP contribution in [0.2, 0.25) is 0 Å². The van der Waals surface area contributed by atoms with Gasteiger partial charge < -0.3 is 0 Å². The molecule has 0 saturated heterocycles. The van der Waals surface area contributed by atoms with Gasteiger partial charge in [-0.05, 0) is 19.0 Å². The first-order chi connectivity index (χ1) is 6.49. The molecular weight excluding hydrogens is 206 g/mol. The molecular formula is C8H17NO4S. The number of hydrogen-bond acceptors (Lipinski definition) is 4. The van der Waals surface area contributed by atoms with Crippen molar-refractivity contribution in [3.63, 3.8) is 0 Å². The van der Waals surface area contributed by atoms with Crippen LogP contribution in [-0.4, -0.2) is 25.7 Å². The lowest BCUT2D eigenvalue weighted by Crippen LogP contribution is -2.32. The molecule has 5 nitrogen and oxygen atoms in total. The highest BCUT2D eigenvalue weighted by Gasteiger charge is 2.12. The van der Waals surface area contributed by atoms with Crippen molar-refractivity contribution in [2.24, 2.45) is 0 Å². The van der Waals surface area contributed by atoms with Gasteiger partial charge in [-0.1, -0.05) is 26.3 Å². The third-order valence-corrected chi connectivity index (χ3v) is 2.02. The van der Waals surface area contributed by atoms with Gasteiger partial charge in [-0.2, -0.15) is 8.42 Å². The second kappa shape index (κ2) is 6.94. The van der Waals surface area contributed by atoms with Gasteiger partial charge in [0.1, 0.15) is 6.23 Å². The minimum Gasteiger partial charge on any atom is -0.288 e.